The Hall–Kier alpha value is -4.04. The van der Waals surface area contributed by atoms with Gasteiger partial charge >= 0.3 is 11.8 Å². The number of anilines is 2. The highest BCUT2D eigenvalue weighted by Gasteiger charge is 2.28. The van der Waals surface area contributed by atoms with Crippen LogP contribution in [-0.4, -0.2) is 56.2 Å². The number of piperazine rings is 1. The van der Waals surface area contributed by atoms with Gasteiger partial charge in [0, 0.05) is 44.1 Å². The summed E-state index contributed by atoms with van der Waals surface area (Å²) in [5.41, 5.74) is 3.74. The first-order valence-electron chi connectivity index (χ1n) is 12.2. The lowest BCUT2D eigenvalue weighted by Crippen LogP contribution is -2.50. The quantitative estimate of drug-likeness (QED) is 0.520. The van der Waals surface area contributed by atoms with E-state index in [1.165, 1.54) is 5.69 Å². The molecule has 36 heavy (non-hydrogen) atoms. The summed E-state index contributed by atoms with van der Waals surface area (Å²) in [5, 5.41) is 5.55. The van der Waals surface area contributed by atoms with Crippen molar-refractivity contribution in [2.75, 3.05) is 49.7 Å². The predicted molar refractivity (Wildman–Crippen MR) is 138 cm³/mol. The topological polar surface area (TPSA) is 83.1 Å². The van der Waals surface area contributed by atoms with Crippen LogP contribution in [0.25, 0.3) is 0 Å². The van der Waals surface area contributed by atoms with Crippen LogP contribution in [0.15, 0.2) is 72.8 Å². The van der Waals surface area contributed by atoms with Crippen molar-refractivity contribution in [2.24, 2.45) is 0 Å². The van der Waals surface area contributed by atoms with Gasteiger partial charge in [-0.2, -0.15) is 0 Å². The Labute approximate surface area is 210 Å². The van der Waals surface area contributed by atoms with Crippen LogP contribution in [0.3, 0.4) is 0 Å². The number of para-hydroxylation sites is 2. The van der Waals surface area contributed by atoms with E-state index in [1.54, 1.807) is 6.07 Å². The number of rotatable bonds is 6. The van der Waals surface area contributed by atoms with Gasteiger partial charge in [0.2, 0.25) is 6.79 Å². The summed E-state index contributed by atoms with van der Waals surface area (Å²) in [6.45, 7) is 5.76. The van der Waals surface area contributed by atoms with Gasteiger partial charge in [-0.15, -0.1) is 0 Å². The van der Waals surface area contributed by atoms with E-state index in [0.29, 0.717) is 23.7 Å². The molecular formula is C28H30N4O4. The van der Waals surface area contributed by atoms with E-state index in [1.807, 2.05) is 49.4 Å². The molecule has 1 fully saturated rings. The molecular weight excluding hydrogens is 456 g/mol. The van der Waals surface area contributed by atoms with E-state index in [0.717, 1.165) is 37.3 Å². The molecule has 2 heterocycles. The Bertz CT molecular complexity index is 1230. The van der Waals surface area contributed by atoms with Gasteiger partial charge in [-0.05, 0) is 48.4 Å². The van der Waals surface area contributed by atoms with E-state index in [9.17, 15) is 9.59 Å². The second-order valence-electron chi connectivity index (χ2n) is 8.97. The first-order chi connectivity index (χ1) is 17.6. The molecule has 186 valence electrons. The standard InChI is InChI=1S/C28H30N4O4/c1-20-7-5-6-10-23(20)30-28(34)27(33)29-18-24(21-11-12-25-26(17-21)36-19-35-25)32-15-13-31(14-16-32)22-8-3-2-4-9-22/h2-12,17,24H,13-16,18-19H2,1H3,(H,29,33)(H,30,34)/t24-/m1/s1. The van der Waals surface area contributed by atoms with Crippen LogP contribution in [0, 0.1) is 6.92 Å². The van der Waals surface area contributed by atoms with Crippen LogP contribution < -0.4 is 25.0 Å². The second kappa shape index (κ2) is 10.7. The minimum atomic E-state index is -0.678. The highest BCUT2D eigenvalue weighted by molar-refractivity contribution is 6.39. The highest BCUT2D eigenvalue weighted by Crippen LogP contribution is 2.35. The van der Waals surface area contributed by atoms with E-state index in [-0.39, 0.29) is 12.8 Å². The molecule has 8 nitrogen and oxygen atoms in total. The van der Waals surface area contributed by atoms with Crippen molar-refractivity contribution in [1.29, 1.82) is 0 Å². The highest BCUT2D eigenvalue weighted by atomic mass is 16.7. The van der Waals surface area contributed by atoms with Gasteiger partial charge in [-0.3, -0.25) is 14.5 Å². The van der Waals surface area contributed by atoms with Crippen molar-refractivity contribution in [2.45, 2.75) is 13.0 Å². The maximum Gasteiger partial charge on any atom is 0.313 e. The van der Waals surface area contributed by atoms with Crippen LogP contribution in [0.2, 0.25) is 0 Å². The zero-order chi connectivity index (χ0) is 24.9. The molecule has 2 amide bonds. The van der Waals surface area contributed by atoms with Gasteiger partial charge in [0.15, 0.2) is 11.5 Å². The molecule has 3 aromatic carbocycles. The van der Waals surface area contributed by atoms with Gasteiger partial charge in [0.1, 0.15) is 0 Å². The smallest absolute Gasteiger partial charge is 0.313 e. The van der Waals surface area contributed by atoms with Crippen molar-refractivity contribution in [1.82, 2.24) is 10.2 Å². The molecule has 5 rings (SSSR count). The summed E-state index contributed by atoms with van der Waals surface area (Å²) in [5.74, 6) is 0.0756. The Kier molecular flexibility index (Phi) is 7.04. The summed E-state index contributed by atoms with van der Waals surface area (Å²) < 4.78 is 11.1. The average Bonchev–Trinajstić information content (AvgIpc) is 3.39. The summed E-state index contributed by atoms with van der Waals surface area (Å²) in [6, 6.07) is 23.5. The number of nitrogens with one attached hydrogen (secondary N) is 2. The molecule has 8 heteroatoms. The Morgan fingerprint density at radius 2 is 1.58 bits per heavy atom. The summed E-state index contributed by atoms with van der Waals surface area (Å²) >= 11 is 0. The SMILES string of the molecule is Cc1ccccc1NC(=O)C(=O)NC[C@H](c1ccc2c(c1)OCO2)N1CCN(c2ccccc2)CC1. The maximum absolute atomic E-state index is 12.7. The molecule has 2 aliphatic rings. The number of aryl methyl sites for hydroxylation is 1. The van der Waals surface area contributed by atoms with Crippen LogP contribution >= 0.6 is 0 Å². The van der Waals surface area contributed by atoms with Crippen LogP contribution in [0.4, 0.5) is 11.4 Å². The molecule has 0 aliphatic carbocycles. The van der Waals surface area contributed by atoms with Crippen molar-refractivity contribution >= 4 is 23.2 Å². The monoisotopic (exact) mass is 486 g/mol. The normalized spacial score (nSPS) is 15.9. The predicted octanol–water partition coefficient (Wildman–Crippen LogP) is 3.34. The molecule has 0 bridgehead atoms. The summed E-state index contributed by atoms with van der Waals surface area (Å²) in [7, 11) is 0. The van der Waals surface area contributed by atoms with Crippen molar-refractivity contribution in [3.8, 4) is 11.5 Å². The molecule has 1 atom stereocenters. The number of fused-ring (bicyclic) bond motifs is 1. The third-order valence-electron chi connectivity index (χ3n) is 6.71. The van der Waals surface area contributed by atoms with Gasteiger partial charge in [0.05, 0.1) is 6.04 Å². The second-order valence-corrected chi connectivity index (χ2v) is 8.97. The third-order valence-corrected chi connectivity index (χ3v) is 6.71. The number of carbonyl (C=O) groups is 2. The largest absolute Gasteiger partial charge is 0.454 e. The number of carbonyl (C=O) groups excluding carboxylic acids is 2. The minimum Gasteiger partial charge on any atom is -0.454 e. The number of amides is 2. The third kappa shape index (κ3) is 5.28. The molecule has 3 aromatic rings. The van der Waals surface area contributed by atoms with Crippen LogP contribution in [-0.2, 0) is 9.59 Å². The van der Waals surface area contributed by atoms with E-state index in [2.05, 4.69) is 44.7 Å². The number of benzene rings is 3. The van der Waals surface area contributed by atoms with Gasteiger partial charge in [-0.1, -0.05) is 42.5 Å². The molecule has 2 aliphatic heterocycles. The maximum atomic E-state index is 12.7. The Balaban J connectivity index is 1.28. The lowest BCUT2D eigenvalue weighted by Gasteiger charge is -2.40. The van der Waals surface area contributed by atoms with Crippen LogP contribution in [0.1, 0.15) is 17.2 Å². The Morgan fingerprint density at radius 1 is 0.861 bits per heavy atom. The van der Waals surface area contributed by atoms with Crippen molar-refractivity contribution in [3.63, 3.8) is 0 Å². The van der Waals surface area contributed by atoms with E-state index < -0.39 is 11.8 Å². The fraction of sp³-hybridized carbons (Fsp3) is 0.286. The van der Waals surface area contributed by atoms with Crippen molar-refractivity contribution < 1.29 is 19.1 Å². The molecule has 2 N–H and O–H groups in total. The lowest BCUT2D eigenvalue weighted by molar-refractivity contribution is -0.136. The number of hydrogen-bond acceptors (Lipinski definition) is 6. The van der Waals surface area contributed by atoms with E-state index in [4.69, 9.17) is 9.47 Å². The molecule has 1 saturated heterocycles. The van der Waals surface area contributed by atoms with Gasteiger partial charge in [-0.25, -0.2) is 0 Å². The number of hydrogen-bond donors (Lipinski definition) is 2. The fourth-order valence-electron chi connectivity index (χ4n) is 4.67. The molecule has 0 aromatic heterocycles. The first kappa shape index (κ1) is 23.7. The average molecular weight is 487 g/mol. The molecule has 0 radical (unpaired) electrons. The summed E-state index contributed by atoms with van der Waals surface area (Å²) in [6.07, 6.45) is 0. The van der Waals surface area contributed by atoms with Gasteiger partial charge in [0.25, 0.3) is 0 Å². The molecule has 0 saturated carbocycles. The lowest BCUT2D eigenvalue weighted by atomic mass is 10.0. The number of ether oxygens (including phenoxy) is 2. The molecule has 0 unspecified atom stereocenters. The van der Waals surface area contributed by atoms with Crippen molar-refractivity contribution in [3.05, 3.63) is 83.9 Å². The van der Waals surface area contributed by atoms with E-state index >= 15 is 0 Å². The zero-order valence-corrected chi connectivity index (χ0v) is 20.3. The zero-order valence-electron chi connectivity index (χ0n) is 20.3. The molecule has 0 spiro atoms. The summed E-state index contributed by atoms with van der Waals surface area (Å²) in [4.78, 5) is 30.0. The van der Waals surface area contributed by atoms with Gasteiger partial charge < -0.3 is 25.0 Å². The number of nitrogens with zero attached hydrogens (tertiary/aromatic N) is 2. The first-order valence-corrected chi connectivity index (χ1v) is 12.2. The minimum absolute atomic E-state index is 0.118. The Morgan fingerprint density at radius 3 is 2.36 bits per heavy atom. The van der Waals surface area contributed by atoms with Crippen LogP contribution in [0.5, 0.6) is 11.5 Å². The fourth-order valence-corrected chi connectivity index (χ4v) is 4.67.